The summed E-state index contributed by atoms with van der Waals surface area (Å²) >= 11 is 1.37. The number of aryl methyl sites for hydroxylation is 1. The van der Waals surface area contributed by atoms with Gasteiger partial charge in [-0.05, 0) is 43.0 Å². The molecule has 3 rings (SSSR count). The van der Waals surface area contributed by atoms with E-state index in [2.05, 4.69) is 46.7 Å². The zero-order valence-corrected chi connectivity index (χ0v) is 18.5. The summed E-state index contributed by atoms with van der Waals surface area (Å²) in [5.74, 6) is 1.81. The molecule has 0 saturated carbocycles. The summed E-state index contributed by atoms with van der Waals surface area (Å²) in [5, 5.41) is 12.1. The molecule has 2 aromatic carbocycles. The van der Waals surface area contributed by atoms with Gasteiger partial charge in [-0.1, -0.05) is 61.2 Å². The van der Waals surface area contributed by atoms with Gasteiger partial charge in [0.1, 0.15) is 5.75 Å². The van der Waals surface area contributed by atoms with Gasteiger partial charge in [-0.2, -0.15) is 0 Å². The Balaban J connectivity index is 1.47. The lowest BCUT2D eigenvalue weighted by atomic mass is 10.1. The summed E-state index contributed by atoms with van der Waals surface area (Å²) in [7, 11) is 1.89. The number of nitrogens with zero attached hydrogens (tertiary/aromatic N) is 3. The molecule has 0 aliphatic rings. The number of benzene rings is 2. The van der Waals surface area contributed by atoms with Crippen LogP contribution in [0.4, 0.5) is 0 Å². The molecule has 3 aromatic rings. The Morgan fingerprint density at radius 3 is 2.53 bits per heavy atom. The van der Waals surface area contributed by atoms with E-state index in [9.17, 15) is 4.79 Å². The van der Waals surface area contributed by atoms with Crippen molar-refractivity contribution >= 4 is 17.7 Å². The minimum atomic E-state index is -0.246. The molecule has 6 nitrogen and oxygen atoms in total. The standard InChI is InChI=1S/C23H28N4O2S/c1-4-18-10-12-20(13-11-18)29-17(2)22-25-26-23(27(22)3)30-16-21(28)24-15-14-19-8-6-5-7-9-19/h5-13,17H,4,14-16H2,1-3H3,(H,24,28)/t17-/m0/s1. The van der Waals surface area contributed by atoms with Crippen molar-refractivity contribution in [2.75, 3.05) is 12.3 Å². The molecular weight excluding hydrogens is 396 g/mol. The minimum Gasteiger partial charge on any atom is -0.483 e. The van der Waals surface area contributed by atoms with Gasteiger partial charge >= 0.3 is 0 Å². The van der Waals surface area contributed by atoms with Crippen LogP contribution in [0.2, 0.25) is 0 Å². The van der Waals surface area contributed by atoms with E-state index in [0.29, 0.717) is 17.5 Å². The van der Waals surface area contributed by atoms with Crippen molar-refractivity contribution in [2.24, 2.45) is 7.05 Å². The Morgan fingerprint density at radius 2 is 1.83 bits per heavy atom. The third-order valence-corrected chi connectivity index (χ3v) is 5.81. The molecule has 0 radical (unpaired) electrons. The number of carbonyl (C=O) groups excluding carboxylic acids is 1. The number of ether oxygens (including phenoxy) is 1. The summed E-state index contributed by atoms with van der Waals surface area (Å²) < 4.78 is 7.88. The highest BCUT2D eigenvalue weighted by Crippen LogP contribution is 2.24. The third kappa shape index (κ3) is 6.10. The van der Waals surface area contributed by atoms with Crippen LogP contribution in [0, 0.1) is 0 Å². The van der Waals surface area contributed by atoms with Gasteiger partial charge in [0.15, 0.2) is 17.1 Å². The normalized spacial score (nSPS) is 11.8. The number of amides is 1. The van der Waals surface area contributed by atoms with Crippen molar-refractivity contribution in [2.45, 2.75) is 37.9 Å². The second kappa shape index (κ2) is 10.8. The monoisotopic (exact) mass is 424 g/mol. The molecule has 0 aliphatic carbocycles. The summed E-state index contributed by atoms with van der Waals surface area (Å²) in [4.78, 5) is 12.1. The quantitative estimate of drug-likeness (QED) is 0.499. The number of nitrogens with one attached hydrogen (secondary N) is 1. The van der Waals surface area contributed by atoms with E-state index in [1.54, 1.807) is 0 Å². The van der Waals surface area contributed by atoms with Crippen LogP contribution < -0.4 is 10.1 Å². The Kier molecular flexibility index (Phi) is 7.90. The van der Waals surface area contributed by atoms with E-state index in [0.717, 1.165) is 24.4 Å². The van der Waals surface area contributed by atoms with Gasteiger partial charge in [0.25, 0.3) is 0 Å². The van der Waals surface area contributed by atoms with E-state index in [4.69, 9.17) is 4.74 Å². The topological polar surface area (TPSA) is 69.0 Å². The van der Waals surface area contributed by atoms with Crippen LogP contribution in [0.5, 0.6) is 5.75 Å². The fourth-order valence-electron chi connectivity index (χ4n) is 3.04. The summed E-state index contributed by atoms with van der Waals surface area (Å²) in [5.41, 5.74) is 2.48. The lowest BCUT2D eigenvalue weighted by molar-refractivity contribution is -0.118. The van der Waals surface area contributed by atoms with Gasteiger partial charge in [-0.15, -0.1) is 10.2 Å². The van der Waals surface area contributed by atoms with E-state index in [1.165, 1.54) is 22.9 Å². The van der Waals surface area contributed by atoms with Crippen LogP contribution in [-0.4, -0.2) is 33.0 Å². The first-order valence-electron chi connectivity index (χ1n) is 10.1. The molecule has 0 saturated heterocycles. The smallest absolute Gasteiger partial charge is 0.230 e. The molecule has 1 heterocycles. The van der Waals surface area contributed by atoms with E-state index in [1.807, 2.05) is 48.9 Å². The number of aromatic nitrogens is 3. The molecule has 0 bridgehead atoms. The second-order valence-electron chi connectivity index (χ2n) is 7.03. The Labute approximate surface area is 182 Å². The Hall–Kier alpha value is -2.80. The lowest BCUT2D eigenvalue weighted by Crippen LogP contribution is -2.27. The van der Waals surface area contributed by atoms with Crippen molar-refractivity contribution in [3.05, 3.63) is 71.5 Å². The second-order valence-corrected chi connectivity index (χ2v) is 7.97. The number of carbonyl (C=O) groups is 1. The summed E-state index contributed by atoms with van der Waals surface area (Å²) in [6.07, 6.45) is 1.57. The Morgan fingerprint density at radius 1 is 1.10 bits per heavy atom. The molecule has 158 valence electrons. The summed E-state index contributed by atoms with van der Waals surface area (Å²) in [6, 6.07) is 18.2. The fraction of sp³-hybridized carbons (Fsp3) is 0.348. The number of rotatable bonds is 10. The van der Waals surface area contributed by atoms with Gasteiger partial charge in [0.05, 0.1) is 5.75 Å². The number of hydrogen-bond acceptors (Lipinski definition) is 5. The van der Waals surface area contributed by atoms with Crippen molar-refractivity contribution in [3.8, 4) is 5.75 Å². The van der Waals surface area contributed by atoms with Crippen LogP contribution in [0.3, 0.4) is 0 Å². The molecule has 1 atom stereocenters. The first-order valence-corrected chi connectivity index (χ1v) is 11.1. The van der Waals surface area contributed by atoms with Gasteiger partial charge in [-0.3, -0.25) is 4.79 Å². The van der Waals surface area contributed by atoms with Crippen LogP contribution in [0.15, 0.2) is 59.8 Å². The molecule has 0 aliphatic heterocycles. The van der Waals surface area contributed by atoms with Crippen molar-refractivity contribution < 1.29 is 9.53 Å². The molecule has 7 heteroatoms. The maximum absolute atomic E-state index is 12.1. The molecule has 0 fully saturated rings. The van der Waals surface area contributed by atoms with Crippen LogP contribution in [0.1, 0.15) is 36.9 Å². The van der Waals surface area contributed by atoms with Gasteiger partial charge in [0, 0.05) is 13.6 Å². The maximum atomic E-state index is 12.1. The minimum absolute atomic E-state index is 0.0132. The van der Waals surface area contributed by atoms with Crippen LogP contribution >= 0.6 is 11.8 Å². The predicted molar refractivity (Wildman–Crippen MR) is 120 cm³/mol. The first-order chi connectivity index (χ1) is 14.6. The average molecular weight is 425 g/mol. The van der Waals surface area contributed by atoms with Crippen LogP contribution in [0.25, 0.3) is 0 Å². The van der Waals surface area contributed by atoms with Gasteiger partial charge in [0.2, 0.25) is 5.91 Å². The first kappa shape index (κ1) is 21.9. The van der Waals surface area contributed by atoms with E-state index in [-0.39, 0.29) is 12.0 Å². The van der Waals surface area contributed by atoms with E-state index >= 15 is 0 Å². The van der Waals surface area contributed by atoms with Crippen molar-refractivity contribution in [1.29, 1.82) is 0 Å². The van der Waals surface area contributed by atoms with Crippen LogP contribution in [-0.2, 0) is 24.7 Å². The SMILES string of the molecule is CCc1ccc(O[C@@H](C)c2nnc(SCC(=O)NCCc3ccccc3)n2C)cc1. The largest absolute Gasteiger partial charge is 0.483 e. The maximum Gasteiger partial charge on any atom is 0.230 e. The lowest BCUT2D eigenvalue weighted by Gasteiger charge is -2.14. The number of thioether (sulfide) groups is 1. The highest BCUT2D eigenvalue weighted by molar-refractivity contribution is 7.99. The van der Waals surface area contributed by atoms with E-state index < -0.39 is 0 Å². The zero-order valence-electron chi connectivity index (χ0n) is 17.7. The summed E-state index contributed by atoms with van der Waals surface area (Å²) in [6.45, 7) is 4.69. The van der Waals surface area contributed by atoms with Gasteiger partial charge in [-0.25, -0.2) is 0 Å². The average Bonchev–Trinajstić information content (AvgIpc) is 3.14. The third-order valence-electron chi connectivity index (χ3n) is 4.79. The molecule has 1 amide bonds. The number of hydrogen-bond donors (Lipinski definition) is 1. The predicted octanol–water partition coefficient (Wildman–Crippen LogP) is 3.97. The Bertz CT molecular complexity index is 942. The van der Waals surface area contributed by atoms with Crippen molar-refractivity contribution in [1.82, 2.24) is 20.1 Å². The van der Waals surface area contributed by atoms with Crippen molar-refractivity contribution in [3.63, 3.8) is 0 Å². The fourth-order valence-corrected chi connectivity index (χ4v) is 3.79. The van der Waals surface area contributed by atoms with Gasteiger partial charge < -0.3 is 14.6 Å². The molecule has 30 heavy (non-hydrogen) atoms. The highest BCUT2D eigenvalue weighted by atomic mass is 32.2. The molecule has 1 aromatic heterocycles. The molecule has 0 unspecified atom stereocenters. The molecular formula is C23H28N4O2S. The zero-order chi connectivity index (χ0) is 21.3. The molecule has 0 spiro atoms. The highest BCUT2D eigenvalue weighted by Gasteiger charge is 2.18. The molecule has 1 N–H and O–H groups in total.